The smallest absolute Gasteiger partial charge is 0.264 e. The van der Waals surface area contributed by atoms with E-state index in [2.05, 4.69) is 23.1 Å². The van der Waals surface area contributed by atoms with Gasteiger partial charge in [0.1, 0.15) is 5.75 Å². The highest BCUT2D eigenvalue weighted by Crippen LogP contribution is 2.33. The fourth-order valence-corrected chi connectivity index (χ4v) is 3.66. The third kappa shape index (κ3) is 3.34. The van der Waals surface area contributed by atoms with Crippen LogP contribution in [0.25, 0.3) is 0 Å². The van der Waals surface area contributed by atoms with Crippen LogP contribution in [0.5, 0.6) is 5.75 Å². The number of aryl methyl sites for hydroxylation is 1. The second kappa shape index (κ2) is 6.79. The lowest BCUT2D eigenvalue weighted by molar-refractivity contribution is -0.120. The van der Waals surface area contributed by atoms with Gasteiger partial charge in [0.05, 0.1) is 0 Å². The van der Waals surface area contributed by atoms with Crippen molar-refractivity contribution in [3.05, 3.63) is 53.6 Å². The number of nitrogens with zero attached hydrogens (tertiary/aromatic N) is 2. The normalized spacial score (nSPS) is 16.2. The van der Waals surface area contributed by atoms with Gasteiger partial charge in [-0.2, -0.15) is 0 Å². The van der Waals surface area contributed by atoms with Gasteiger partial charge in [0.2, 0.25) is 0 Å². The number of benzene rings is 2. The summed E-state index contributed by atoms with van der Waals surface area (Å²) in [6.07, 6.45) is 3.43. The second-order valence-electron chi connectivity index (χ2n) is 6.90. The summed E-state index contributed by atoms with van der Waals surface area (Å²) in [6.45, 7) is 5.09. The minimum Gasteiger partial charge on any atom is -0.484 e. The van der Waals surface area contributed by atoms with Crippen molar-refractivity contribution < 1.29 is 9.53 Å². The van der Waals surface area contributed by atoms with Crippen molar-refractivity contribution in [3.63, 3.8) is 0 Å². The van der Waals surface area contributed by atoms with E-state index < -0.39 is 0 Å². The van der Waals surface area contributed by atoms with Gasteiger partial charge in [-0.05, 0) is 56.0 Å². The topological polar surface area (TPSA) is 32.8 Å². The summed E-state index contributed by atoms with van der Waals surface area (Å²) in [4.78, 5) is 17.0. The minimum absolute atomic E-state index is 0.0258. The summed E-state index contributed by atoms with van der Waals surface area (Å²) in [5.74, 6) is 0.766. The summed E-state index contributed by atoms with van der Waals surface area (Å²) in [7, 11) is 0. The largest absolute Gasteiger partial charge is 0.484 e. The Balaban J connectivity index is 1.46. The quantitative estimate of drug-likeness (QED) is 0.856. The standard InChI is InChI=1S/C21H24N2O2/c1-16-4-8-19(9-5-16)25-15-21(24)23-13-10-17-6-7-18(14-20(17)23)22-11-2-3-12-22/h4-9,14H,2-3,10-13,15H2,1H3. The lowest BCUT2D eigenvalue weighted by Crippen LogP contribution is -2.33. The van der Waals surface area contributed by atoms with E-state index in [0.29, 0.717) is 0 Å². The number of carbonyl (C=O) groups excluding carboxylic acids is 1. The van der Waals surface area contributed by atoms with Crippen molar-refractivity contribution >= 4 is 17.3 Å². The molecule has 1 amide bonds. The molecule has 2 aliphatic rings. The van der Waals surface area contributed by atoms with Crippen LogP contribution in [-0.2, 0) is 11.2 Å². The molecule has 0 atom stereocenters. The first-order chi connectivity index (χ1) is 12.2. The van der Waals surface area contributed by atoms with E-state index in [-0.39, 0.29) is 12.5 Å². The molecule has 1 saturated heterocycles. The van der Waals surface area contributed by atoms with Gasteiger partial charge in [-0.1, -0.05) is 23.8 Å². The van der Waals surface area contributed by atoms with E-state index in [1.54, 1.807) is 0 Å². The first-order valence-electron chi connectivity index (χ1n) is 9.08. The number of ether oxygens (including phenoxy) is 1. The molecule has 0 radical (unpaired) electrons. The Hall–Kier alpha value is -2.49. The van der Waals surface area contributed by atoms with Crippen LogP contribution < -0.4 is 14.5 Å². The maximum atomic E-state index is 12.7. The van der Waals surface area contributed by atoms with E-state index in [1.165, 1.54) is 29.7 Å². The number of hydrogen-bond donors (Lipinski definition) is 0. The van der Waals surface area contributed by atoms with E-state index >= 15 is 0 Å². The van der Waals surface area contributed by atoms with E-state index in [9.17, 15) is 4.79 Å². The van der Waals surface area contributed by atoms with Gasteiger partial charge in [-0.3, -0.25) is 4.79 Å². The van der Waals surface area contributed by atoms with Crippen LogP contribution in [0.3, 0.4) is 0 Å². The van der Waals surface area contributed by atoms with Crippen LogP contribution in [0.4, 0.5) is 11.4 Å². The molecular formula is C21H24N2O2. The molecule has 2 aliphatic heterocycles. The van der Waals surface area contributed by atoms with Crippen molar-refractivity contribution in [2.24, 2.45) is 0 Å². The first-order valence-corrected chi connectivity index (χ1v) is 9.08. The van der Waals surface area contributed by atoms with Crippen LogP contribution >= 0.6 is 0 Å². The predicted octanol–water partition coefficient (Wildman–Crippen LogP) is 3.56. The Morgan fingerprint density at radius 3 is 2.56 bits per heavy atom. The molecule has 1 fully saturated rings. The van der Waals surface area contributed by atoms with Gasteiger partial charge >= 0.3 is 0 Å². The summed E-state index contributed by atoms with van der Waals surface area (Å²) in [6, 6.07) is 14.4. The molecular weight excluding hydrogens is 312 g/mol. The highest BCUT2D eigenvalue weighted by molar-refractivity contribution is 5.97. The first kappa shape index (κ1) is 16.0. The molecule has 2 aromatic carbocycles. The molecule has 0 spiro atoms. The fourth-order valence-electron chi connectivity index (χ4n) is 3.66. The lowest BCUT2D eigenvalue weighted by Gasteiger charge is -2.22. The van der Waals surface area contributed by atoms with Crippen LogP contribution in [0, 0.1) is 6.92 Å². The van der Waals surface area contributed by atoms with Crippen molar-refractivity contribution in [2.45, 2.75) is 26.2 Å². The zero-order chi connectivity index (χ0) is 17.2. The van der Waals surface area contributed by atoms with Crippen LogP contribution in [-0.4, -0.2) is 32.1 Å². The average Bonchev–Trinajstić information content (AvgIpc) is 3.30. The molecule has 0 N–H and O–H groups in total. The number of hydrogen-bond acceptors (Lipinski definition) is 3. The van der Waals surface area contributed by atoms with E-state index in [0.717, 1.165) is 37.5 Å². The van der Waals surface area contributed by atoms with Crippen LogP contribution in [0.1, 0.15) is 24.0 Å². The Bertz CT molecular complexity index is 764. The highest BCUT2D eigenvalue weighted by Gasteiger charge is 2.26. The molecule has 0 aromatic heterocycles. The second-order valence-corrected chi connectivity index (χ2v) is 6.90. The van der Waals surface area contributed by atoms with Gasteiger partial charge in [0.15, 0.2) is 6.61 Å². The molecule has 4 heteroatoms. The Kier molecular flexibility index (Phi) is 4.35. The van der Waals surface area contributed by atoms with Gasteiger partial charge in [-0.15, -0.1) is 0 Å². The third-order valence-electron chi connectivity index (χ3n) is 5.12. The fraction of sp³-hybridized carbons (Fsp3) is 0.381. The Morgan fingerprint density at radius 1 is 1.04 bits per heavy atom. The van der Waals surface area contributed by atoms with Crippen LogP contribution in [0.2, 0.25) is 0 Å². The molecule has 0 saturated carbocycles. The molecule has 130 valence electrons. The molecule has 0 bridgehead atoms. The zero-order valence-corrected chi connectivity index (χ0v) is 14.7. The molecule has 2 aromatic rings. The highest BCUT2D eigenvalue weighted by atomic mass is 16.5. The van der Waals surface area contributed by atoms with Gasteiger partial charge in [-0.25, -0.2) is 0 Å². The third-order valence-corrected chi connectivity index (χ3v) is 5.12. The molecule has 2 heterocycles. The minimum atomic E-state index is 0.0258. The molecule has 0 unspecified atom stereocenters. The predicted molar refractivity (Wildman–Crippen MR) is 101 cm³/mol. The maximum absolute atomic E-state index is 12.7. The number of rotatable bonds is 4. The summed E-state index contributed by atoms with van der Waals surface area (Å²) in [5, 5.41) is 0. The van der Waals surface area contributed by atoms with Gasteiger partial charge in [0.25, 0.3) is 5.91 Å². The molecule has 4 nitrogen and oxygen atoms in total. The van der Waals surface area contributed by atoms with Crippen molar-refractivity contribution in [1.29, 1.82) is 0 Å². The SMILES string of the molecule is Cc1ccc(OCC(=O)N2CCc3ccc(N4CCCC4)cc32)cc1. The van der Waals surface area contributed by atoms with E-state index in [1.807, 2.05) is 36.1 Å². The summed E-state index contributed by atoms with van der Waals surface area (Å²) < 4.78 is 5.68. The van der Waals surface area contributed by atoms with E-state index in [4.69, 9.17) is 4.74 Å². The molecule has 0 aliphatic carbocycles. The van der Waals surface area contributed by atoms with Gasteiger partial charge in [0, 0.05) is 31.0 Å². The number of amides is 1. The summed E-state index contributed by atoms with van der Waals surface area (Å²) >= 11 is 0. The number of anilines is 2. The van der Waals surface area contributed by atoms with Crippen LogP contribution in [0.15, 0.2) is 42.5 Å². The Labute approximate surface area is 149 Å². The zero-order valence-electron chi connectivity index (χ0n) is 14.7. The average molecular weight is 336 g/mol. The number of carbonyl (C=O) groups is 1. The number of fused-ring (bicyclic) bond motifs is 1. The lowest BCUT2D eigenvalue weighted by atomic mass is 10.1. The van der Waals surface area contributed by atoms with Gasteiger partial charge < -0.3 is 14.5 Å². The molecule has 25 heavy (non-hydrogen) atoms. The molecule has 4 rings (SSSR count). The maximum Gasteiger partial charge on any atom is 0.264 e. The Morgan fingerprint density at radius 2 is 1.80 bits per heavy atom. The van der Waals surface area contributed by atoms with Crippen molar-refractivity contribution in [1.82, 2.24) is 0 Å². The van der Waals surface area contributed by atoms with Crippen molar-refractivity contribution in [3.8, 4) is 5.75 Å². The monoisotopic (exact) mass is 336 g/mol. The summed E-state index contributed by atoms with van der Waals surface area (Å²) in [5.41, 5.74) is 4.73. The van der Waals surface area contributed by atoms with Crippen molar-refractivity contribution in [2.75, 3.05) is 36.0 Å².